The topological polar surface area (TPSA) is 72.6 Å². The number of fused-ring (bicyclic) bond motifs is 1. The van der Waals surface area contributed by atoms with Crippen LogP contribution >= 0.6 is 0 Å². The third-order valence-corrected chi connectivity index (χ3v) is 4.47. The smallest absolute Gasteiger partial charge is 0.303 e. The first-order valence-electron chi connectivity index (χ1n) is 8.63. The zero-order chi connectivity index (χ0) is 17.8. The quantitative estimate of drug-likeness (QED) is 0.820. The third kappa shape index (κ3) is 4.10. The number of aliphatic carboxylic acids is 1. The van der Waals surface area contributed by atoms with E-state index in [2.05, 4.69) is 17.1 Å². The van der Waals surface area contributed by atoms with Crippen LogP contribution in [0.5, 0.6) is 5.75 Å². The number of carbonyl (C=O) groups is 1. The average Bonchev–Trinajstić information content (AvgIpc) is 2.90. The number of oxazole rings is 1. The molecule has 3 rings (SSSR count). The summed E-state index contributed by atoms with van der Waals surface area (Å²) in [5.41, 5.74) is 4.35. The molecule has 0 unspecified atom stereocenters. The molecule has 5 heteroatoms. The average molecular weight is 341 g/mol. The Bertz CT molecular complexity index is 804. The van der Waals surface area contributed by atoms with Crippen molar-refractivity contribution in [3.05, 3.63) is 52.7 Å². The molecule has 0 atom stereocenters. The summed E-state index contributed by atoms with van der Waals surface area (Å²) in [5, 5.41) is 8.93. The van der Waals surface area contributed by atoms with Crippen LogP contribution in [0.2, 0.25) is 0 Å². The van der Waals surface area contributed by atoms with E-state index < -0.39 is 5.97 Å². The number of carboxylic acids is 1. The first kappa shape index (κ1) is 17.3. The molecule has 2 aromatic rings. The third-order valence-electron chi connectivity index (χ3n) is 4.47. The maximum Gasteiger partial charge on any atom is 0.303 e. The van der Waals surface area contributed by atoms with Crippen molar-refractivity contribution in [3.8, 4) is 5.75 Å². The molecule has 1 aliphatic rings. The molecule has 5 nitrogen and oxygen atoms in total. The van der Waals surface area contributed by atoms with Gasteiger partial charge in [0, 0.05) is 25.3 Å². The highest BCUT2D eigenvalue weighted by molar-refractivity contribution is 5.76. The second-order valence-corrected chi connectivity index (χ2v) is 6.28. The van der Waals surface area contributed by atoms with Gasteiger partial charge in [0.1, 0.15) is 11.5 Å². The number of carboxylic acid groups (broad SMARTS) is 1. The number of hydrogen-bond acceptors (Lipinski definition) is 4. The molecule has 0 aliphatic heterocycles. The van der Waals surface area contributed by atoms with E-state index in [1.165, 1.54) is 5.56 Å². The van der Waals surface area contributed by atoms with Gasteiger partial charge in [0.2, 0.25) is 0 Å². The van der Waals surface area contributed by atoms with Crippen LogP contribution in [0.4, 0.5) is 0 Å². The van der Waals surface area contributed by atoms with Gasteiger partial charge in [-0.1, -0.05) is 18.2 Å². The van der Waals surface area contributed by atoms with E-state index in [0.717, 1.165) is 41.2 Å². The van der Waals surface area contributed by atoms with Gasteiger partial charge in [0.05, 0.1) is 12.3 Å². The zero-order valence-electron chi connectivity index (χ0n) is 14.7. The van der Waals surface area contributed by atoms with Crippen molar-refractivity contribution in [1.29, 1.82) is 0 Å². The Morgan fingerprint density at radius 2 is 2.16 bits per heavy atom. The first-order valence-corrected chi connectivity index (χ1v) is 8.63. The highest BCUT2D eigenvalue weighted by Gasteiger charge is 2.17. The Morgan fingerprint density at radius 3 is 2.88 bits per heavy atom. The van der Waals surface area contributed by atoms with Crippen molar-refractivity contribution in [3.63, 3.8) is 0 Å². The summed E-state index contributed by atoms with van der Waals surface area (Å²) < 4.78 is 11.5. The number of allylic oxidation sites excluding steroid dienone is 2. The van der Waals surface area contributed by atoms with Gasteiger partial charge in [-0.05, 0) is 43.4 Å². The van der Waals surface area contributed by atoms with Crippen LogP contribution in [0.3, 0.4) is 0 Å². The summed E-state index contributed by atoms with van der Waals surface area (Å²) in [6.45, 7) is 4.30. The van der Waals surface area contributed by atoms with Gasteiger partial charge in [-0.2, -0.15) is 0 Å². The lowest BCUT2D eigenvalue weighted by molar-refractivity contribution is -0.136. The van der Waals surface area contributed by atoms with E-state index in [4.69, 9.17) is 14.3 Å². The minimum atomic E-state index is -0.765. The molecule has 132 valence electrons. The monoisotopic (exact) mass is 341 g/mol. The summed E-state index contributed by atoms with van der Waals surface area (Å²) in [4.78, 5) is 15.2. The number of nitrogens with zero attached hydrogens (tertiary/aromatic N) is 1. The van der Waals surface area contributed by atoms with Crippen LogP contribution in [0, 0.1) is 13.8 Å². The summed E-state index contributed by atoms with van der Waals surface area (Å²) in [7, 11) is 0. The van der Waals surface area contributed by atoms with Gasteiger partial charge in [0.25, 0.3) is 0 Å². The molecule has 25 heavy (non-hydrogen) atoms. The van der Waals surface area contributed by atoms with Crippen molar-refractivity contribution < 1.29 is 19.1 Å². The number of hydrogen-bond donors (Lipinski definition) is 1. The molecular weight excluding hydrogens is 318 g/mol. The fourth-order valence-electron chi connectivity index (χ4n) is 3.30. The maximum atomic E-state index is 10.9. The first-order chi connectivity index (χ1) is 12.0. The van der Waals surface area contributed by atoms with Crippen molar-refractivity contribution in [1.82, 2.24) is 4.98 Å². The van der Waals surface area contributed by atoms with Crippen LogP contribution in [-0.2, 0) is 17.6 Å². The Morgan fingerprint density at radius 1 is 1.32 bits per heavy atom. The second-order valence-electron chi connectivity index (χ2n) is 6.28. The van der Waals surface area contributed by atoms with Crippen LogP contribution in [0.1, 0.15) is 47.7 Å². The Kier molecular flexibility index (Phi) is 5.22. The lowest BCUT2D eigenvalue weighted by atomic mass is 9.88. The maximum absolute atomic E-state index is 10.9. The Balaban J connectivity index is 1.69. The molecule has 1 aromatic heterocycles. The van der Waals surface area contributed by atoms with E-state index in [1.807, 2.05) is 26.0 Å². The molecular formula is C20H23NO4. The standard InChI is InChI=1S/C20H23NO4/c1-13-18(21-14(2)25-13)11-12-24-19-8-4-6-16-15(9-10-20(22)23)5-3-7-17(16)19/h4-6,8H,3,7,9-12H2,1-2H3,(H,22,23). The summed E-state index contributed by atoms with van der Waals surface area (Å²) >= 11 is 0. The molecule has 0 saturated carbocycles. The zero-order valence-corrected chi connectivity index (χ0v) is 14.7. The van der Waals surface area contributed by atoms with E-state index in [1.54, 1.807) is 0 Å². The van der Waals surface area contributed by atoms with Crippen molar-refractivity contribution >= 4 is 11.5 Å². The minimum absolute atomic E-state index is 0.154. The number of benzene rings is 1. The van der Waals surface area contributed by atoms with Crippen LogP contribution in [0.15, 0.2) is 28.7 Å². The van der Waals surface area contributed by atoms with E-state index >= 15 is 0 Å². The number of ether oxygens (including phenoxy) is 1. The second kappa shape index (κ2) is 7.55. The molecule has 1 aliphatic carbocycles. The highest BCUT2D eigenvalue weighted by Crippen LogP contribution is 2.35. The SMILES string of the molecule is Cc1nc(CCOc2cccc3c2CCC=C3CCC(=O)O)c(C)o1. The van der Waals surface area contributed by atoms with Gasteiger partial charge < -0.3 is 14.3 Å². The molecule has 0 spiro atoms. The molecule has 0 fully saturated rings. The van der Waals surface area contributed by atoms with Crippen molar-refractivity contribution in [2.45, 2.75) is 46.0 Å². The lowest BCUT2D eigenvalue weighted by Gasteiger charge is -2.20. The van der Waals surface area contributed by atoms with Crippen molar-refractivity contribution in [2.24, 2.45) is 0 Å². The normalized spacial score (nSPS) is 13.3. The Labute approximate surface area is 147 Å². The largest absolute Gasteiger partial charge is 0.493 e. The van der Waals surface area contributed by atoms with Gasteiger partial charge in [0.15, 0.2) is 5.89 Å². The predicted octanol–water partition coefficient (Wildman–Crippen LogP) is 4.11. The van der Waals surface area contributed by atoms with E-state index in [0.29, 0.717) is 25.3 Å². The van der Waals surface area contributed by atoms with Gasteiger partial charge >= 0.3 is 5.97 Å². The molecule has 1 aromatic carbocycles. The Hall–Kier alpha value is -2.56. The van der Waals surface area contributed by atoms with Crippen LogP contribution < -0.4 is 4.74 Å². The molecule has 0 saturated heterocycles. The molecule has 0 radical (unpaired) electrons. The minimum Gasteiger partial charge on any atom is -0.493 e. The summed E-state index contributed by atoms with van der Waals surface area (Å²) in [6, 6.07) is 6.01. The highest BCUT2D eigenvalue weighted by atomic mass is 16.5. The van der Waals surface area contributed by atoms with E-state index in [-0.39, 0.29) is 6.42 Å². The number of aromatic nitrogens is 1. The molecule has 1 heterocycles. The van der Waals surface area contributed by atoms with Crippen molar-refractivity contribution in [2.75, 3.05) is 6.61 Å². The van der Waals surface area contributed by atoms with Gasteiger partial charge in [-0.15, -0.1) is 0 Å². The molecule has 1 N–H and O–H groups in total. The van der Waals surface area contributed by atoms with Crippen LogP contribution in [0.25, 0.3) is 5.57 Å². The summed E-state index contributed by atoms with van der Waals surface area (Å²) in [5.74, 6) is 1.64. The fourth-order valence-corrected chi connectivity index (χ4v) is 3.30. The van der Waals surface area contributed by atoms with Gasteiger partial charge in [-0.25, -0.2) is 4.98 Å². The van der Waals surface area contributed by atoms with Gasteiger partial charge in [-0.3, -0.25) is 4.79 Å². The van der Waals surface area contributed by atoms with Crippen LogP contribution in [-0.4, -0.2) is 22.7 Å². The summed E-state index contributed by atoms with van der Waals surface area (Å²) in [6.07, 6.45) is 5.41. The number of aryl methyl sites for hydroxylation is 2. The predicted molar refractivity (Wildman–Crippen MR) is 94.8 cm³/mol. The molecule has 0 bridgehead atoms. The lowest BCUT2D eigenvalue weighted by Crippen LogP contribution is -2.08. The fraction of sp³-hybridized carbons (Fsp3) is 0.400. The number of rotatable bonds is 7. The molecule has 0 amide bonds. The van der Waals surface area contributed by atoms with E-state index in [9.17, 15) is 4.79 Å².